The molecule has 2 heterocycles. The van der Waals surface area contributed by atoms with Crippen LogP contribution in [0.25, 0.3) is 0 Å². The highest BCUT2D eigenvalue weighted by Crippen LogP contribution is 2.38. The number of ether oxygens (including phenoxy) is 1. The molecule has 0 aliphatic carbocycles. The summed E-state index contributed by atoms with van der Waals surface area (Å²) in [5.41, 5.74) is 10.8. The average Bonchev–Trinajstić information content (AvgIpc) is 3.34. The second kappa shape index (κ2) is 9.16. The first-order valence-corrected chi connectivity index (χ1v) is 11.8. The van der Waals surface area contributed by atoms with Crippen LogP contribution in [0.5, 0.6) is 11.5 Å². The Bertz CT molecular complexity index is 853. The van der Waals surface area contributed by atoms with Crippen LogP contribution in [0.2, 0.25) is 0 Å². The Morgan fingerprint density at radius 3 is 2.86 bits per heavy atom. The van der Waals surface area contributed by atoms with E-state index in [1.165, 1.54) is 11.1 Å². The fourth-order valence-electron chi connectivity index (χ4n) is 3.72. The molecule has 4 unspecified atom stereocenters. The van der Waals surface area contributed by atoms with Crippen molar-refractivity contribution < 1.29 is 9.84 Å². The first-order valence-electron chi connectivity index (χ1n) is 9.71. The Kier molecular flexibility index (Phi) is 6.58. The van der Waals surface area contributed by atoms with E-state index < -0.39 is 0 Å². The van der Waals surface area contributed by atoms with Gasteiger partial charge in [-0.25, -0.2) is 10.9 Å². The minimum atomic E-state index is 0.178. The zero-order valence-electron chi connectivity index (χ0n) is 16.9. The number of nitrogens with one attached hydrogen (secondary N) is 3. The van der Waals surface area contributed by atoms with Crippen LogP contribution in [-0.4, -0.2) is 47.2 Å². The molecule has 2 aromatic carbocycles. The largest absolute Gasteiger partial charge is 0.504 e. The molecule has 0 spiro atoms. The van der Waals surface area contributed by atoms with E-state index in [-0.39, 0.29) is 22.8 Å². The number of phenolic OH excluding ortho intramolecular Hbond substituents is 1. The van der Waals surface area contributed by atoms with Gasteiger partial charge in [-0.1, -0.05) is 30.3 Å². The third-order valence-corrected chi connectivity index (χ3v) is 8.11. The van der Waals surface area contributed by atoms with Crippen molar-refractivity contribution in [3.05, 3.63) is 59.2 Å². The van der Waals surface area contributed by atoms with Gasteiger partial charge in [0.2, 0.25) is 0 Å². The monoisotopic (exact) mass is 432 g/mol. The van der Waals surface area contributed by atoms with Crippen LogP contribution in [0, 0.1) is 6.92 Å². The van der Waals surface area contributed by atoms with E-state index in [1.807, 2.05) is 35.7 Å². The summed E-state index contributed by atoms with van der Waals surface area (Å²) in [6, 6.07) is 14.5. The minimum Gasteiger partial charge on any atom is -0.504 e. The summed E-state index contributed by atoms with van der Waals surface area (Å²) in [5.74, 6) is 2.78. The van der Waals surface area contributed by atoms with E-state index >= 15 is 0 Å². The maximum absolute atomic E-state index is 9.81. The molecule has 2 aromatic rings. The zero-order chi connectivity index (χ0) is 20.4. The van der Waals surface area contributed by atoms with Gasteiger partial charge in [-0.3, -0.25) is 10.2 Å². The Labute approximate surface area is 180 Å². The Morgan fingerprint density at radius 2 is 2.07 bits per heavy atom. The number of hydrogen-bond donors (Lipinski definition) is 4. The number of methoxy groups -OCH3 is 1. The maximum atomic E-state index is 9.81. The molecule has 2 saturated heterocycles. The molecule has 2 fully saturated rings. The van der Waals surface area contributed by atoms with Gasteiger partial charge in [0.1, 0.15) is 11.7 Å². The van der Waals surface area contributed by atoms with E-state index in [2.05, 4.69) is 59.3 Å². The van der Waals surface area contributed by atoms with Crippen molar-refractivity contribution in [2.45, 2.75) is 30.0 Å². The zero-order valence-corrected chi connectivity index (χ0v) is 18.5. The number of aryl methyl sites for hydroxylation is 1. The van der Waals surface area contributed by atoms with Gasteiger partial charge < -0.3 is 9.84 Å². The van der Waals surface area contributed by atoms with Crippen molar-refractivity contribution in [2.75, 3.05) is 25.7 Å². The van der Waals surface area contributed by atoms with E-state index in [0.29, 0.717) is 11.8 Å². The smallest absolute Gasteiger partial charge is 0.160 e. The quantitative estimate of drug-likeness (QED) is 0.555. The molecule has 0 bridgehead atoms. The maximum Gasteiger partial charge on any atom is 0.160 e. The Balaban J connectivity index is 1.31. The minimum absolute atomic E-state index is 0.178. The van der Waals surface area contributed by atoms with Gasteiger partial charge in [-0.2, -0.15) is 0 Å². The second-order valence-electron chi connectivity index (χ2n) is 7.41. The highest BCUT2D eigenvalue weighted by atomic mass is 32.2. The standard InChI is InChI=1S/C21H28N4O2S2/c1-13-6-4-5-7-16(13)19-23-24-21(25(19)2)29-12-15-11-28-20(22-15)14-8-9-17(26)18(10-14)27-3/h4-10,15,19-24,26H,11-12H2,1-3H3. The number of phenols is 1. The van der Waals surface area contributed by atoms with Crippen LogP contribution in [0.1, 0.15) is 28.2 Å². The first-order chi connectivity index (χ1) is 14.1. The third kappa shape index (κ3) is 4.52. The van der Waals surface area contributed by atoms with Gasteiger partial charge in [0.25, 0.3) is 0 Å². The van der Waals surface area contributed by atoms with Crippen LogP contribution < -0.4 is 20.9 Å². The van der Waals surface area contributed by atoms with E-state index in [0.717, 1.165) is 17.1 Å². The highest BCUT2D eigenvalue weighted by molar-refractivity contribution is 8.00. The van der Waals surface area contributed by atoms with Crippen LogP contribution in [0.3, 0.4) is 0 Å². The molecule has 4 rings (SSSR count). The lowest BCUT2D eigenvalue weighted by atomic mass is 10.1. The van der Waals surface area contributed by atoms with Gasteiger partial charge in [0.15, 0.2) is 11.5 Å². The summed E-state index contributed by atoms with van der Waals surface area (Å²) in [7, 11) is 3.74. The van der Waals surface area contributed by atoms with E-state index in [1.54, 1.807) is 13.2 Å². The summed E-state index contributed by atoms with van der Waals surface area (Å²) in [4.78, 5) is 2.34. The highest BCUT2D eigenvalue weighted by Gasteiger charge is 2.33. The lowest BCUT2D eigenvalue weighted by Gasteiger charge is -2.25. The van der Waals surface area contributed by atoms with E-state index in [9.17, 15) is 5.11 Å². The molecule has 0 amide bonds. The molecule has 156 valence electrons. The predicted molar refractivity (Wildman–Crippen MR) is 121 cm³/mol. The molecule has 0 aromatic heterocycles. The normalized spacial score (nSPS) is 27.4. The van der Waals surface area contributed by atoms with Gasteiger partial charge >= 0.3 is 0 Å². The number of hydrazine groups is 1. The molecule has 4 N–H and O–H groups in total. The number of benzene rings is 2. The van der Waals surface area contributed by atoms with Gasteiger partial charge in [0.05, 0.1) is 12.5 Å². The number of thioether (sulfide) groups is 2. The summed E-state index contributed by atoms with van der Waals surface area (Å²) >= 11 is 3.81. The number of aromatic hydroxyl groups is 1. The number of hydrogen-bond acceptors (Lipinski definition) is 8. The molecular weight excluding hydrogens is 404 g/mol. The number of nitrogens with zero attached hydrogens (tertiary/aromatic N) is 1. The van der Waals surface area contributed by atoms with Crippen LogP contribution >= 0.6 is 23.5 Å². The molecule has 4 atom stereocenters. The van der Waals surface area contributed by atoms with Crippen molar-refractivity contribution in [1.29, 1.82) is 0 Å². The molecule has 8 heteroatoms. The topological polar surface area (TPSA) is 68.8 Å². The van der Waals surface area contributed by atoms with Crippen LogP contribution in [-0.2, 0) is 0 Å². The van der Waals surface area contributed by atoms with Crippen molar-refractivity contribution in [3.63, 3.8) is 0 Å². The molecule has 29 heavy (non-hydrogen) atoms. The van der Waals surface area contributed by atoms with Crippen LogP contribution in [0.4, 0.5) is 0 Å². The molecule has 0 saturated carbocycles. The molecule has 6 nitrogen and oxygen atoms in total. The fraction of sp³-hybridized carbons (Fsp3) is 0.429. The fourth-order valence-corrected chi connectivity index (χ4v) is 6.27. The Hall–Kier alpha value is -1.42. The number of rotatable bonds is 6. The Morgan fingerprint density at radius 1 is 1.24 bits per heavy atom. The lowest BCUT2D eigenvalue weighted by Crippen LogP contribution is -2.35. The van der Waals surface area contributed by atoms with Crippen molar-refractivity contribution >= 4 is 23.5 Å². The molecule has 0 radical (unpaired) electrons. The SMILES string of the molecule is COc1cc(C2NC(CSC3NNC(c4ccccc4C)N3C)CS2)ccc1O. The average molecular weight is 433 g/mol. The molecule has 2 aliphatic rings. The van der Waals surface area contributed by atoms with Crippen molar-refractivity contribution in [2.24, 2.45) is 0 Å². The van der Waals surface area contributed by atoms with Crippen molar-refractivity contribution in [3.8, 4) is 11.5 Å². The van der Waals surface area contributed by atoms with Crippen LogP contribution in [0.15, 0.2) is 42.5 Å². The summed E-state index contributed by atoms with van der Waals surface area (Å²) in [6.07, 6.45) is 0.178. The van der Waals surface area contributed by atoms with Gasteiger partial charge in [-0.15, -0.1) is 23.5 Å². The molecule has 2 aliphatic heterocycles. The predicted octanol–water partition coefficient (Wildman–Crippen LogP) is 3.17. The van der Waals surface area contributed by atoms with Crippen molar-refractivity contribution in [1.82, 2.24) is 21.1 Å². The van der Waals surface area contributed by atoms with Gasteiger partial charge in [0, 0.05) is 17.5 Å². The van der Waals surface area contributed by atoms with E-state index in [4.69, 9.17) is 4.74 Å². The summed E-state index contributed by atoms with van der Waals surface area (Å²) < 4.78 is 5.24. The summed E-state index contributed by atoms with van der Waals surface area (Å²) in [6.45, 7) is 2.16. The lowest BCUT2D eigenvalue weighted by molar-refractivity contribution is 0.283. The summed E-state index contributed by atoms with van der Waals surface area (Å²) in [5, 5.41) is 13.7. The molecular formula is C21H28N4O2S2. The third-order valence-electron chi connectivity index (χ3n) is 5.42. The van der Waals surface area contributed by atoms with Gasteiger partial charge in [-0.05, 0) is 42.8 Å². The first kappa shape index (κ1) is 20.8. The second-order valence-corrected chi connectivity index (χ2v) is 9.66.